The molecule has 1 heterocycles. The molecule has 0 bridgehead atoms. The molecular weight excluding hydrogens is 435 g/mol. The van der Waals surface area contributed by atoms with Gasteiger partial charge >= 0.3 is 0 Å². The number of nitrogens with one attached hydrogen (secondary N) is 2. The molecule has 0 saturated carbocycles. The fourth-order valence-electron chi connectivity index (χ4n) is 1.55. The molecule has 1 aromatic heterocycles. The van der Waals surface area contributed by atoms with Crippen LogP contribution in [0.1, 0.15) is 24.6 Å². The summed E-state index contributed by atoms with van der Waals surface area (Å²) in [7, 11) is 1.45. The van der Waals surface area contributed by atoms with Crippen molar-refractivity contribution in [1.29, 1.82) is 0 Å². The Morgan fingerprint density at radius 3 is 2.55 bits per heavy atom. The molecule has 0 aliphatic rings. The summed E-state index contributed by atoms with van der Waals surface area (Å²) in [6.07, 6.45) is 2.21. The first-order valence-corrected chi connectivity index (χ1v) is 9.13. The van der Waals surface area contributed by atoms with Gasteiger partial charge in [-0.3, -0.25) is 4.99 Å². The quantitative estimate of drug-likeness (QED) is 0.283. The van der Waals surface area contributed by atoms with E-state index < -0.39 is 10.0 Å². The van der Waals surface area contributed by atoms with E-state index in [1.165, 1.54) is 29.7 Å². The molecule has 0 unspecified atom stereocenters. The molecule has 128 valence electrons. The third-order valence-electron chi connectivity index (χ3n) is 2.85. The topological polar surface area (TPSA) is 73.8 Å². The number of unbranched alkanes of at least 4 members (excludes halogenated alkanes) is 1. The van der Waals surface area contributed by atoms with Gasteiger partial charge in [-0.1, -0.05) is 13.3 Å². The first kappa shape index (κ1) is 21.6. The maximum absolute atomic E-state index is 12.0. The van der Waals surface area contributed by atoms with Gasteiger partial charge in [0.1, 0.15) is 4.21 Å². The van der Waals surface area contributed by atoms with Gasteiger partial charge in [-0.2, -0.15) is 0 Å². The first-order valence-electron chi connectivity index (χ1n) is 6.87. The molecule has 22 heavy (non-hydrogen) atoms. The monoisotopic (exact) mass is 460 g/mol. The Balaban J connectivity index is 0.00000441. The maximum Gasteiger partial charge on any atom is 0.252 e. The van der Waals surface area contributed by atoms with Crippen LogP contribution in [-0.4, -0.2) is 46.4 Å². The summed E-state index contributed by atoms with van der Waals surface area (Å²) >= 11 is 1.27. The first-order chi connectivity index (χ1) is 9.91. The molecule has 2 N–H and O–H groups in total. The average Bonchev–Trinajstić information content (AvgIpc) is 2.92. The number of nitrogens with zero attached hydrogens (tertiary/aromatic N) is 2. The van der Waals surface area contributed by atoms with Crippen LogP contribution < -0.4 is 10.6 Å². The number of halogens is 1. The Hall–Kier alpha value is -0.390. The molecule has 0 atom stereocenters. The van der Waals surface area contributed by atoms with Gasteiger partial charge in [0.05, 0.1) is 6.54 Å². The van der Waals surface area contributed by atoms with Crippen LogP contribution in [0.25, 0.3) is 0 Å². The number of guanidine groups is 1. The molecule has 6 nitrogen and oxygen atoms in total. The van der Waals surface area contributed by atoms with E-state index in [0.29, 0.717) is 10.8 Å². The van der Waals surface area contributed by atoms with Gasteiger partial charge in [-0.25, -0.2) is 12.7 Å². The third-order valence-corrected chi connectivity index (χ3v) is 6.22. The predicted octanol–water partition coefficient (Wildman–Crippen LogP) is 2.08. The molecule has 0 aliphatic carbocycles. The number of hydrogen-bond acceptors (Lipinski definition) is 4. The highest BCUT2D eigenvalue weighted by atomic mass is 127. The summed E-state index contributed by atoms with van der Waals surface area (Å²) in [5, 5.41) is 6.39. The van der Waals surface area contributed by atoms with E-state index in [1.807, 2.05) is 6.07 Å². The van der Waals surface area contributed by atoms with E-state index in [4.69, 9.17) is 0 Å². The van der Waals surface area contributed by atoms with Crippen molar-refractivity contribution in [2.45, 2.75) is 30.5 Å². The Kier molecular flexibility index (Phi) is 10.2. The zero-order valence-corrected chi connectivity index (χ0v) is 17.4. The fraction of sp³-hybridized carbons (Fsp3) is 0.615. The smallest absolute Gasteiger partial charge is 0.252 e. The molecule has 0 spiro atoms. The summed E-state index contributed by atoms with van der Waals surface area (Å²) in [6.45, 7) is 3.57. The van der Waals surface area contributed by atoms with E-state index in [1.54, 1.807) is 13.1 Å². The van der Waals surface area contributed by atoms with Gasteiger partial charge in [0, 0.05) is 32.6 Å². The van der Waals surface area contributed by atoms with Crippen LogP contribution in [0.5, 0.6) is 0 Å². The fourth-order valence-corrected chi connectivity index (χ4v) is 4.01. The van der Waals surface area contributed by atoms with Crippen LogP contribution in [0, 0.1) is 0 Å². The third kappa shape index (κ3) is 6.39. The second-order valence-corrected chi connectivity index (χ2v) is 8.26. The minimum Gasteiger partial charge on any atom is -0.356 e. The lowest BCUT2D eigenvalue weighted by Crippen LogP contribution is -2.37. The number of aliphatic imine (C=N–C) groups is 1. The van der Waals surface area contributed by atoms with Crippen molar-refractivity contribution in [1.82, 2.24) is 14.9 Å². The van der Waals surface area contributed by atoms with Crippen LogP contribution in [0.4, 0.5) is 0 Å². The predicted molar refractivity (Wildman–Crippen MR) is 104 cm³/mol. The highest BCUT2D eigenvalue weighted by Gasteiger charge is 2.19. The average molecular weight is 460 g/mol. The summed E-state index contributed by atoms with van der Waals surface area (Å²) in [5.41, 5.74) is 0. The molecule has 0 amide bonds. The van der Waals surface area contributed by atoms with Crippen LogP contribution >= 0.6 is 35.3 Å². The maximum atomic E-state index is 12.0. The largest absolute Gasteiger partial charge is 0.356 e. The normalized spacial score (nSPS) is 12.1. The number of rotatable bonds is 7. The molecular formula is C13H25IN4O2S2. The second-order valence-electron chi connectivity index (χ2n) is 4.71. The van der Waals surface area contributed by atoms with Gasteiger partial charge < -0.3 is 10.6 Å². The zero-order valence-electron chi connectivity index (χ0n) is 13.4. The number of sulfonamides is 1. The van der Waals surface area contributed by atoms with E-state index in [9.17, 15) is 8.42 Å². The molecule has 1 aromatic rings. The van der Waals surface area contributed by atoms with Crippen molar-refractivity contribution < 1.29 is 8.42 Å². The summed E-state index contributed by atoms with van der Waals surface area (Å²) in [4.78, 5) is 5.08. The zero-order chi connectivity index (χ0) is 15.9. The summed E-state index contributed by atoms with van der Waals surface area (Å²) in [5.74, 6) is 0.730. The van der Waals surface area contributed by atoms with E-state index >= 15 is 0 Å². The van der Waals surface area contributed by atoms with Gasteiger partial charge in [0.15, 0.2) is 5.96 Å². The second kappa shape index (κ2) is 10.4. The number of thiophene rings is 1. The Morgan fingerprint density at radius 2 is 2.00 bits per heavy atom. The van der Waals surface area contributed by atoms with Crippen molar-refractivity contribution in [3.05, 3.63) is 17.0 Å². The van der Waals surface area contributed by atoms with E-state index in [-0.39, 0.29) is 24.0 Å². The summed E-state index contributed by atoms with van der Waals surface area (Å²) in [6, 6.07) is 3.47. The Labute approximate surface area is 154 Å². The van der Waals surface area contributed by atoms with Crippen LogP contribution in [0.3, 0.4) is 0 Å². The molecule has 0 aliphatic heterocycles. The summed E-state index contributed by atoms with van der Waals surface area (Å²) < 4.78 is 25.6. The van der Waals surface area contributed by atoms with Crippen LogP contribution in [0.15, 0.2) is 21.3 Å². The molecule has 9 heteroatoms. The molecule has 0 saturated heterocycles. The standard InChI is InChI=1S/C13H24N4O2S2.HI/c1-5-6-9-15-13(14-2)16-10-11-7-8-12(20-11)21(18,19)17(3)4;/h7-8H,5-6,9-10H2,1-4H3,(H2,14,15,16);1H. The van der Waals surface area contributed by atoms with Gasteiger partial charge in [0.25, 0.3) is 10.0 Å². The molecule has 1 rings (SSSR count). The van der Waals surface area contributed by atoms with Crippen molar-refractivity contribution in [2.24, 2.45) is 4.99 Å². The minimum atomic E-state index is -3.34. The van der Waals surface area contributed by atoms with Crippen molar-refractivity contribution in [3.8, 4) is 0 Å². The SMILES string of the molecule is CCCCNC(=NC)NCc1ccc(S(=O)(=O)N(C)C)s1.I. The molecule has 0 radical (unpaired) electrons. The number of hydrogen-bond donors (Lipinski definition) is 2. The van der Waals surface area contributed by atoms with E-state index in [2.05, 4.69) is 22.5 Å². The van der Waals surface area contributed by atoms with E-state index in [0.717, 1.165) is 30.2 Å². The van der Waals surface area contributed by atoms with Crippen molar-refractivity contribution in [2.75, 3.05) is 27.7 Å². The lowest BCUT2D eigenvalue weighted by atomic mass is 10.3. The van der Waals surface area contributed by atoms with Gasteiger partial charge in [0.2, 0.25) is 0 Å². The highest BCUT2D eigenvalue weighted by molar-refractivity contribution is 14.0. The van der Waals surface area contributed by atoms with Crippen LogP contribution in [-0.2, 0) is 16.6 Å². The lowest BCUT2D eigenvalue weighted by Gasteiger charge is -2.10. The minimum absolute atomic E-state index is 0. The Morgan fingerprint density at radius 1 is 1.32 bits per heavy atom. The van der Waals surface area contributed by atoms with Gasteiger partial charge in [-0.05, 0) is 18.6 Å². The van der Waals surface area contributed by atoms with Crippen LogP contribution in [0.2, 0.25) is 0 Å². The lowest BCUT2D eigenvalue weighted by molar-refractivity contribution is 0.523. The highest BCUT2D eigenvalue weighted by Crippen LogP contribution is 2.23. The molecule has 0 aromatic carbocycles. The van der Waals surface area contributed by atoms with Gasteiger partial charge in [-0.15, -0.1) is 35.3 Å². The Bertz CT molecular complexity index is 570. The van der Waals surface area contributed by atoms with Crippen molar-refractivity contribution >= 4 is 51.3 Å². The molecule has 0 fully saturated rings. The van der Waals surface area contributed by atoms with Crippen molar-refractivity contribution in [3.63, 3.8) is 0 Å².